The maximum absolute atomic E-state index is 13.1. The number of fused-ring (bicyclic) bond motifs is 5. The van der Waals surface area contributed by atoms with E-state index in [9.17, 15) is 19.2 Å². The molecule has 184 valence electrons. The Morgan fingerprint density at radius 2 is 1.61 bits per heavy atom. The fourth-order valence-electron chi connectivity index (χ4n) is 6.05. The zero-order valence-electron chi connectivity index (χ0n) is 19.8. The molecule has 4 aliphatic rings. The van der Waals surface area contributed by atoms with Crippen LogP contribution in [0, 0.1) is 29.6 Å². The van der Waals surface area contributed by atoms with Gasteiger partial charge in [0.05, 0.1) is 30.0 Å². The highest BCUT2D eigenvalue weighted by Gasteiger charge is 2.59. The molecule has 2 aliphatic carbocycles. The van der Waals surface area contributed by atoms with Gasteiger partial charge in [0.1, 0.15) is 11.5 Å². The average molecular weight is 487 g/mol. The summed E-state index contributed by atoms with van der Waals surface area (Å²) in [5.74, 6) is -1.05. The molecule has 1 saturated carbocycles. The highest BCUT2D eigenvalue weighted by atomic mass is 16.5. The molecule has 8 heteroatoms. The Morgan fingerprint density at radius 1 is 0.917 bits per heavy atom. The van der Waals surface area contributed by atoms with Gasteiger partial charge in [-0.15, -0.1) is 0 Å². The number of carbonyl (C=O) groups is 4. The zero-order chi connectivity index (χ0) is 25.0. The molecule has 0 aromatic heterocycles. The highest BCUT2D eigenvalue weighted by molar-refractivity contribution is 6.22. The molecule has 6 rings (SSSR count). The van der Waals surface area contributed by atoms with Gasteiger partial charge in [-0.1, -0.05) is 18.2 Å². The lowest BCUT2D eigenvalue weighted by atomic mass is 9.85. The van der Waals surface area contributed by atoms with Gasteiger partial charge in [-0.05, 0) is 61.6 Å². The smallest absolute Gasteiger partial charge is 0.316 e. The molecule has 3 amide bonds. The molecule has 8 nitrogen and oxygen atoms in total. The van der Waals surface area contributed by atoms with Gasteiger partial charge in [0.25, 0.3) is 0 Å². The molecule has 0 spiro atoms. The number of nitrogens with zero attached hydrogens (tertiary/aromatic N) is 2. The second kappa shape index (κ2) is 8.62. The maximum atomic E-state index is 13.1. The van der Waals surface area contributed by atoms with Crippen molar-refractivity contribution < 1.29 is 28.7 Å². The van der Waals surface area contributed by atoms with Crippen LogP contribution in [-0.4, -0.2) is 36.8 Å². The number of anilines is 2. The van der Waals surface area contributed by atoms with Crippen LogP contribution in [0.4, 0.5) is 11.4 Å². The van der Waals surface area contributed by atoms with Crippen molar-refractivity contribution in [3.63, 3.8) is 0 Å². The van der Waals surface area contributed by atoms with E-state index in [0.29, 0.717) is 23.7 Å². The molecule has 2 saturated heterocycles. The van der Waals surface area contributed by atoms with E-state index in [1.807, 2.05) is 6.92 Å². The van der Waals surface area contributed by atoms with Crippen LogP contribution in [0.25, 0.3) is 0 Å². The van der Waals surface area contributed by atoms with E-state index >= 15 is 0 Å². The number of carbonyl (C=O) groups excluding carboxylic acids is 4. The van der Waals surface area contributed by atoms with Gasteiger partial charge in [0, 0.05) is 24.7 Å². The Bertz CT molecular complexity index is 1260. The standard InChI is InChI=1S/C28H26N2O6/c1-2-35-21-10-8-19(9-11-21)29-15-18(13-23(29)31)28(34)36-22-5-3-4-20(14-22)30-26(32)24-16-6-7-17(12-16)25(24)27(30)33/h3-11,14,16-18,24-25H,2,12-13,15H2,1H3/t16-,17+,18-,24-,25+/m0/s1. The molecule has 2 aromatic carbocycles. The molecule has 2 bridgehead atoms. The van der Waals surface area contributed by atoms with E-state index < -0.39 is 11.9 Å². The maximum Gasteiger partial charge on any atom is 0.316 e. The van der Waals surface area contributed by atoms with Crippen molar-refractivity contribution in [3.05, 3.63) is 60.7 Å². The van der Waals surface area contributed by atoms with E-state index in [1.165, 1.54) is 4.90 Å². The fraction of sp³-hybridized carbons (Fsp3) is 0.357. The predicted molar refractivity (Wildman–Crippen MR) is 130 cm³/mol. The van der Waals surface area contributed by atoms with Gasteiger partial charge in [0.2, 0.25) is 17.7 Å². The summed E-state index contributed by atoms with van der Waals surface area (Å²) in [6, 6.07) is 13.7. The van der Waals surface area contributed by atoms with Crippen molar-refractivity contribution in [2.24, 2.45) is 29.6 Å². The van der Waals surface area contributed by atoms with Gasteiger partial charge in [-0.25, -0.2) is 4.90 Å². The third-order valence-corrected chi connectivity index (χ3v) is 7.68. The Labute approximate surface area is 208 Å². The highest BCUT2D eigenvalue weighted by Crippen LogP contribution is 2.53. The summed E-state index contributed by atoms with van der Waals surface area (Å²) in [4.78, 5) is 54.5. The molecular weight excluding hydrogens is 460 g/mol. The number of imide groups is 1. The Balaban J connectivity index is 1.14. The molecular formula is C28H26N2O6. The number of hydrogen-bond acceptors (Lipinski definition) is 6. The topological polar surface area (TPSA) is 93.2 Å². The van der Waals surface area contributed by atoms with Gasteiger partial charge in [-0.3, -0.25) is 19.2 Å². The van der Waals surface area contributed by atoms with Gasteiger partial charge >= 0.3 is 5.97 Å². The second-order valence-corrected chi connectivity index (χ2v) is 9.76. The molecule has 2 aliphatic heterocycles. The van der Waals surface area contributed by atoms with Crippen molar-refractivity contribution in [2.75, 3.05) is 23.0 Å². The predicted octanol–water partition coefficient (Wildman–Crippen LogP) is 3.36. The van der Waals surface area contributed by atoms with E-state index in [0.717, 1.165) is 6.42 Å². The number of benzene rings is 2. The van der Waals surface area contributed by atoms with Crippen LogP contribution >= 0.6 is 0 Å². The van der Waals surface area contributed by atoms with Crippen molar-refractivity contribution in [1.82, 2.24) is 0 Å². The minimum atomic E-state index is -0.621. The number of rotatable bonds is 6. The van der Waals surface area contributed by atoms with Crippen LogP contribution in [0.15, 0.2) is 60.7 Å². The van der Waals surface area contributed by atoms with Crippen molar-refractivity contribution >= 4 is 35.1 Å². The number of hydrogen-bond donors (Lipinski definition) is 0. The summed E-state index contributed by atoms with van der Waals surface area (Å²) in [5, 5.41) is 0. The second-order valence-electron chi connectivity index (χ2n) is 9.76. The number of allylic oxidation sites excluding steroid dienone is 2. The quantitative estimate of drug-likeness (QED) is 0.269. The SMILES string of the molecule is CCOc1ccc(N2C[C@@H](C(=O)Oc3cccc(N4C(=O)[C@@H]5[C@H](C4=O)[C@@H]4C=C[C@H]5C4)c3)CC2=O)cc1. The van der Waals surface area contributed by atoms with Gasteiger partial charge < -0.3 is 14.4 Å². The number of esters is 1. The van der Waals surface area contributed by atoms with Gasteiger partial charge in [-0.2, -0.15) is 0 Å². The first-order chi connectivity index (χ1) is 17.4. The molecule has 3 fully saturated rings. The molecule has 5 atom stereocenters. The van der Waals surface area contributed by atoms with Gasteiger partial charge in [0.15, 0.2) is 0 Å². The molecule has 2 aromatic rings. The van der Waals surface area contributed by atoms with Crippen molar-refractivity contribution in [3.8, 4) is 11.5 Å². The minimum Gasteiger partial charge on any atom is -0.494 e. The summed E-state index contributed by atoms with van der Waals surface area (Å²) in [6.07, 6.45) is 5.02. The van der Waals surface area contributed by atoms with Crippen molar-refractivity contribution in [1.29, 1.82) is 0 Å². The number of ether oxygens (including phenoxy) is 2. The largest absolute Gasteiger partial charge is 0.494 e. The third-order valence-electron chi connectivity index (χ3n) is 7.68. The zero-order valence-corrected chi connectivity index (χ0v) is 19.8. The van der Waals surface area contributed by atoms with Crippen LogP contribution in [-0.2, 0) is 19.2 Å². The summed E-state index contributed by atoms with van der Waals surface area (Å²) >= 11 is 0. The van der Waals surface area contributed by atoms with Crippen LogP contribution in [0.2, 0.25) is 0 Å². The first-order valence-electron chi connectivity index (χ1n) is 12.4. The normalized spacial score (nSPS) is 28.2. The van der Waals surface area contributed by atoms with E-state index in [2.05, 4.69) is 12.2 Å². The Morgan fingerprint density at radius 3 is 2.28 bits per heavy atom. The molecule has 0 N–H and O–H groups in total. The first kappa shape index (κ1) is 22.5. The minimum absolute atomic E-state index is 0.0496. The molecule has 2 heterocycles. The lowest BCUT2D eigenvalue weighted by Crippen LogP contribution is -2.32. The number of amides is 3. The average Bonchev–Trinajstić information content (AvgIpc) is 3.63. The Kier molecular flexibility index (Phi) is 5.39. The Hall–Kier alpha value is -3.94. The summed E-state index contributed by atoms with van der Waals surface area (Å²) in [5.41, 5.74) is 1.10. The molecule has 0 radical (unpaired) electrons. The fourth-order valence-corrected chi connectivity index (χ4v) is 6.05. The monoisotopic (exact) mass is 486 g/mol. The van der Waals surface area contributed by atoms with Crippen LogP contribution in [0.3, 0.4) is 0 Å². The van der Waals surface area contributed by atoms with Crippen molar-refractivity contribution in [2.45, 2.75) is 19.8 Å². The third kappa shape index (κ3) is 3.59. The van der Waals surface area contributed by atoms with Crippen LogP contribution in [0.5, 0.6) is 11.5 Å². The van der Waals surface area contributed by atoms with E-state index in [-0.39, 0.29) is 60.1 Å². The lowest BCUT2D eigenvalue weighted by molar-refractivity contribution is -0.139. The van der Waals surface area contributed by atoms with Crippen LogP contribution < -0.4 is 19.3 Å². The first-order valence-corrected chi connectivity index (χ1v) is 12.4. The summed E-state index contributed by atoms with van der Waals surface area (Å²) in [6.45, 7) is 2.67. The molecule has 36 heavy (non-hydrogen) atoms. The summed E-state index contributed by atoms with van der Waals surface area (Å²) in [7, 11) is 0. The van der Waals surface area contributed by atoms with E-state index in [4.69, 9.17) is 9.47 Å². The lowest BCUT2D eigenvalue weighted by Gasteiger charge is -2.18. The van der Waals surface area contributed by atoms with E-state index in [1.54, 1.807) is 53.4 Å². The summed E-state index contributed by atoms with van der Waals surface area (Å²) < 4.78 is 11.0. The molecule has 0 unspecified atom stereocenters. The van der Waals surface area contributed by atoms with Crippen LogP contribution in [0.1, 0.15) is 19.8 Å².